The first-order chi connectivity index (χ1) is 15.6. The van der Waals surface area contributed by atoms with Crippen molar-refractivity contribution in [2.24, 2.45) is 7.05 Å². The average molecular weight is 429 g/mol. The van der Waals surface area contributed by atoms with Crippen LogP contribution in [0.5, 0.6) is 0 Å². The van der Waals surface area contributed by atoms with E-state index >= 15 is 0 Å². The number of nitrogens with zero attached hydrogens (tertiary/aromatic N) is 6. The molecule has 0 aliphatic carbocycles. The van der Waals surface area contributed by atoms with Gasteiger partial charge in [0.15, 0.2) is 5.82 Å². The van der Waals surface area contributed by atoms with Crippen molar-refractivity contribution in [2.75, 3.05) is 18.4 Å². The molecule has 1 fully saturated rings. The molecule has 162 valence electrons. The van der Waals surface area contributed by atoms with Crippen LogP contribution in [0.1, 0.15) is 40.0 Å². The second kappa shape index (κ2) is 8.26. The fraction of sp³-hybridized carbons (Fsp3) is 0.261. The summed E-state index contributed by atoms with van der Waals surface area (Å²) in [4.78, 5) is 31.9. The minimum Gasteiger partial charge on any atom is -0.339 e. The molecule has 0 saturated carbocycles. The van der Waals surface area contributed by atoms with E-state index in [2.05, 4.69) is 20.5 Å². The van der Waals surface area contributed by atoms with E-state index in [1.54, 1.807) is 47.0 Å². The number of fused-ring (bicyclic) bond motifs is 1. The van der Waals surface area contributed by atoms with Crippen LogP contribution in [-0.2, 0) is 7.05 Å². The van der Waals surface area contributed by atoms with Crippen molar-refractivity contribution in [2.45, 2.75) is 19.3 Å². The summed E-state index contributed by atoms with van der Waals surface area (Å²) in [5.41, 5.74) is 3.21. The van der Waals surface area contributed by atoms with Gasteiger partial charge < -0.3 is 10.2 Å². The highest BCUT2D eigenvalue weighted by atomic mass is 16.2. The van der Waals surface area contributed by atoms with Crippen LogP contribution in [0.25, 0.3) is 16.8 Å². The Balaban J connectivity index is 1.46. The number of pyridine rings is 2. The van der Waals surface area contributed by atoms with Gasteiger partial charge >= 0.3 is 0 Å². The maximum Gasteiger partial charge on any atom is 0.258 e. The average Bonchev–Trinajstić information content (AvgIpc) is 3.45. The minimum absolute atomic E-state index is 0.0125. The van der Waals surface area contributed by atoms with E-state index in [-0.39, 0.29) is 11.8 Å². The Morgan fingerprint density at radius 2 is 1.88 bits per heavy atom. The number of likely N-dealkylation sites (tertiary alicyclic amines) is 1. The molecule has 1 N–H and O–H groups in total. The fourth-order valence-electron chi connectivity index (χ4n) is 4.04. The molecule has 0 spiro atoms. The zero-order valence-electron chi connectivity index (χ0n) is 17.7. The molecule has 32 heavy (non-hydrogen) atoms. The van der Waals surface area contributed by atoms with E-state index in [1.807, 2.05) is 23.1 Å². The standard InChI is InChI=1S/C23H23N7O2/c1-28-11-8-21(27-28)26-22(31)17-12-16(13-24-14-17)19-6-5-7-20-18(15-25-30(19)20)23(32)29-9-3-2-4-10-29/h5-8,11-15H,2-4,9-10H2,1H3,(H,26,27,31). The van der Waals surface area contributed by atoms with Crippen LogP contribution in [0.3, 0.4) is 0 Å². The minimum atomic E-state index is -0.299. The Morgan fingerprint density at radius 1 is 1.03 bits per heavy atom. The number of nitrogens with one attached hydrogen (secondary N) is 1. The Hall–Kier alpha value is -4.01. The molecule has 1 saturated heterocycles. The lowest BCUT2D eigenvalue weighted by Crippen LogP contribution is -2.35. The van der Waals surface area contributed by atoms with Gasteiger partial charge in [0.1, 0.15) is 0 Å². The second-order valence-electron chi connectivity index (χ2n) is 7.91. The highest BCUT2D eigenvalue weighted by Gasteiger charge is 2.22. The number of anilines is 1. The molecule has 1 aliphatic rings. The van der Waals surface area contributed by atoms with Gasteiger partial charge in [-0.15, -0.1) is 0 Å². The number of aryl methyl sites for hydroxylation is 1. The summed E-state index contributed by atoms with van der Waals surface area (Å²) in [5, 5.41) is 11.4. The topological polar surface area (TPSA) is 97.4 Å². The number of carbonyl (C=O) groups excluding carboxylic acids is 2. The first-order valence-corrected chi connectivity index (χ1v) is 10.6. The van der Waals surface area contributed by atoms with E-state index in [0.717, 1.165) is 42.7 Å². The first-order valence-electron chi connectivity index (χ1n) is 10.6. The van der Waals surface area contributed by atoms with Gasteiger partial charge in [0.2, 0.25) is 0 Å². The molecular formula is C23H23N7O2. The number of aromatic nitrogens is 5. The molecule has 2 amide bonds. The van der Waals surface area contributed by atoms with Crippen LogP contribution in [0.2, 0.25) is 0 Å². The monoisotopic (exact) mass is 429 g/mol. The van der Waals surface area contributed by atoms with Crippen molar-refractivity contribution >= 4 is 23.1 Å². The van der Waals surface area contributed by atoms with Crippen LogP contribution in [-0.4, -0.2) is 54.2 Å². The van der Waals surface area contributed by atoms with Crippen LogP contribution in [0.4, 0.5) is 5.82 Å². The summed E-state index contributed by atoms with van der Waals surface area (Å²) >= 11 is 0. The quantitative estimate of drug-likeness (QED) is 0.538. The molecule has 4 aromatic heterocycles. The van der Waals surface area contributed by atoms with E-state index in [1.165, 1.54) is 12.6 Å². The Labute approximate surface area is 184 Å². The van der Waals surface area contributed by atoms with Gasteiger partial charge in [0.25, 0.3) is 11.8 Å². The maximum absolute atomic E-state index is 13.0. The van der Waals surface area contributed by atoms with Gasteiger partial charge in [-0.05, 0) is 37.5 Å². The lowest BCUT2D eigenvalue weighted by atomic mass is 10.1. The lowest BCUT2D eigenvalue weighted by Gasteiger charge is -2.26. The van der Waals surface area contributed by atoms with Crippen molar-refractivity contribution < 1.29 is 9.59 Å². The molecule has 0 bridgehead atoms. The summed E-state index contributed by atoms with van der Waals surface area (Å²) in [5.74, 6) is 0.183. The third kappa shape index (κ3) is 3.73. The fourth-order valence-corrected chi connectivity index (χ4v) is 4.04. The van der Waals surface area contributed by atoms with Crippen LogP contribution >= 0.6 is 0 Å². The number of rotatable bonds is 4. The molecule has 9 heteroatoms. The van der Waals surface area contributed by atoms with Crippen molar-refractivity contribution in [1.82, 2.24) is 29.3 Å². The second-order valence-corrected chi connectivity index (χ2v) is 7.91. The summed E-state index contributed by atoms with van der Waals surface area (Å²) in [6, 6.07) is 9.15. The molecule has 0 aromatic carbocycles. The molecule has 9 nitrogen and oxygen atoms in total. The van der Waals surface area contributed by atoms with Gasteiger partial charge in [-0.2, -0.15) is 10.2 Å². The molecule has 5 heterocycles. The van der Waals surface area contributed by atoms with Crippen molar-refractivity contribution in [3.8, 4) is 11.3 Å². The predicted octanol–water partition coefficient (Wildman–Crippen LogP) is 3.01. The van der Waals surface area contributed by atoms with Crippen LogP contribution in [0.15, 0.2) is 55.1 Å². The van der Waals surface area contributed by atoms with Gasteiger partial charge in [0.05, 0.1) is 28.5 Å². The summed E-state index contributed by atoms with van der Waals surface area (Å²) in [6.45, 7) is 1.57. The smallest absolute Gasteiger partial charge is 0.258 e. The molecule has 1 aliphatic heterocycles. The third-order valence-corrected chi connectivity index (χ3v) is 5.67. The van der Waals surface area contributed by atoms with Gasteiger partial charge in [-0.1, -0.05) is 6.07 Å². The predicted molar refractivity (Wildman–Crippen MR) is 119 cm³/mol. The van der Waals surface area contributed by atoms with E-state index in [9.17, 15) is 9.59 Å². The molecule has 0 radical (unpaired) electrons. The Kier molecular flexibility index (Phi) is 5.14. The highest BCUT2D eigenvalue weighted by molar-refractivity contribution is 6.04. The Bertz CT molecular complexity index is 1300. The number of carbonyl (C=O) groups is 2. The molecule has 0 unspecified atom stereocenters. The number of piperidine rings is 1. The number of hydrogen-bond acceptors (Lipinski definition) is 5. The summed E-state index contributed by atoms with van der Waals surface area (Å²) < 4.78 is 3.35. The van der Waals surface area contributed by atoms with E-state index < -0.39 is 0 Å². The maximum atomic E-state index is 13.0. The van der Waals surface area contributed by atoms with Crippen molar-refractivity contribution in [1.29, 1.82) is 0 Å². The largest absolute Gasteiger partial charge is 0.339 e. The molecule has 4 aromatic rings. The SMILES string of the molecule is Cn1ccc(NC(=O)c2cncc(-c3cccc4c(C(=O)N5CCCCC5)cnn34)c2)n1. The highest BCUT2D eigenvalue weighted by Crippen LogP contribution is 2.24. The first kappa shape index (κ1) is 19.9. The van der Waals surface area contributed by atoms with E-state index in [0.29, 0.717) is 16.9 Å². The van der Waals surface area contributed by atoms with Crippen molar-refractivity contribution in [3.63, 3.8) is 0 Å². The lowest BCUT2D eigenvalue weighted by molar-refractivity contribution is 0.0726. The zero-order valence-corrected chi connectivity index (χ0v) is 17.7. The zero-order chi connectivity index (χ0) is 22.1. The third-order valence-electron chi connectivity index (χ3n) is 5.67. The summed E-state index contributed by atoms with van der Waals surface area (Å²) in [7, 11) is 1.78. The van der Waals surface area contributed by atoms with Gasteiger partial charge in [0, 0.05) is 50.4 Å². The molecule has 5 rings (SSSR count). The molecular weight excluding hydrogens is 406 g/mol. The normalized spacial score (nSPS) is 14.0. The van der Waals surface area contributed by atoms with E-state index in [4.69, 9.17) is 0 Å². The van der Waals surface area contributed by atoms with Gasteiger partial charge in [-0.3, -0.25) is 19.3 Å². The molecule has 0 atom stereocenters. The Morgan fingerprint density at radius 3 is 2.66 bits per heavy atom. The number of hydrogen-bond donors (Lipinski definition) is 1. The summed E-state index contributed by atoms with van der Waals surface area (Å²) in [6.07, 6.45) is 9.81. The van der Waals surface area contributed by atoms with Crippen LogP contribution < -0.4 is 5.32 Å². The van der Waals surface area contributed by atoms with Crippen molar-refractivity contribution in [3.05, 3.63) is 66.2 Å². The van der Waals surface area contributed by atoms with Crippen LogP contribution in [0, 0.1) is 0 Å². The van der Waals surface area contributed by atoms with Gasteiger partial charge in [-0.25, -0.2) is 4.52 Å². The number of amides is 2.